The van der Waals surface area contributed by atoms with Gasteiger partial charge in [-0.3, -0.25) is 9.78 Å². The molecule has 1 atom stereocenters. The summed E-state index contributed by atoms with van der Waals surface area (Å²) < 4.78 is 5.33. The molecule has 2 rings (SSSR count). The first-order valence-corrected chi connectivity index (χ1v) is 6.31. The van der Waals surface area contributed by atoms with Crippen molar-refractivity contribution < 1.29 is 9.53 Å². The van der Waals surface area contributed by atoms with E-state index in [0.717, 1.165) is 12.2 Å². The molecule has 1 aromatic rings. The fourth-order valence-corrected chi connectivity index (χ4v) is 2.04. The molecule has 1 saturated heterocycles. The van der Waals surface area contributed by atoms with Crippen LogP contribution in [0.5, 0.6) is 0 Å². The molecule has 1 N–H and O–H groups in total. The summed E-state index contributed by atoms with van der Waals surface area (Å²) in [5.41, 5.74) is 1.42. The molecule has 2 heterocycles. The van der Waals surface area contributed by atoms with Crippen LogP contribution in [0.15, 0.2) is 18.3 Å². The van der Waals surface area contributed by atoms with Crippen LogP contribution in [0.4, 0.5) is 5.69 Å². The second-order valence-corrected chi connectivity index (χ2v) is 4.38. The van der Waals surface area contributed by atoms with Gasteiger partial charge in [0.2, 0.25) is 0 Å². The Morgan fingerprint density at radius 2 is 2.50 bits per heavy atom. The minimum Gasteiger partial charge on any atom is -0.385 e. The van der Waals surface area contributed by atoms with Crippen molar-refractivity contribution in [3.63, 3.8) is 0 Å². The Balaban J connectivity index is 2.14. The van der Waals surface area contributed by atoms with Crippen LogP contribution in [0.1, 0.15) is 24.3 Å². The van der Waals surface area contributed by atoms with E-state index in [1.165, 1.54) is 0 Å². The Kier molecular flexibility index (Phi) is 4.15. The number of pyridine rings is 1. The Hall–Kier alpha value is -1.62. The Morgan fingerprint density at radius 1 is 1.67 bits per heavy atom. The number of ether oxygens (including phenoxy) is 1. The highest BCUT2D eigenvalue weighted by Gasteiger charge is 2.25. The molecule has 0 aromatic carbocycles. The predicted molar refractivity (Wildman–Crippen MR) is 69.7 cm³/mol. The van der Waals surface area contributed by atoms with E-state index in [1.54, 1.807) is 12.3 Å². The van der Waals surface area contributed by atoms with Gasteiger partial charge in [-0.25, -0.2) is 0 Å². The fraction of sp³-hybridized carbons (Fsp3) is 0.538. The lowest BCUT2D eigenvalue weighted by atomic mass is 10.2. The van der Waals surface area contributed by atoms with Crippen molar-refractivity contribution in [1.29, 1.82) is 0 Å². The van der Waals surface area contributed by atoms with Crippen LogP contribution >= 0.6 is 0 Å². The van der Waals surface area contributed by atoms with Gasteiger partial charge >= 0.3 is 0 Å². The average Bonchev–Trinajstić information content (AvgIpc) is 2.39. The summed E-state index contributed by atoms with van der Waals surface area (Å²) in [5, 5.41) is 3.18. The number of morpholine rings is 1. The highest BCUT2D eigenvalue weighted by Crippen LogP contribution is 2.13. The summed E-state index contributed by atoms with van der Waals surface area (Å²) >= 11 is 0. The van der Waals surface area contributed by atoms with Crippen molar-refractivity contribution in [2.45, 2.75) is 19.9 Å². The molecule has 18 heavy (non-hydrogen) atoms. The Labute approximate surface area is 107 Å². The molecule has 5 nitrogen and oxygen atoms in total. The molecule has 0 saturated carbocycles. The number of nitrogens with zero attached hydrogens (tertiary/aromatic N) is 2. The van der Waals surface area contributed by atoms with Crippen LogP contribution in [0.3, 0.4) is 0 Å². The fourth-order valence-electron chi connectivity index (χ4n) is 2.04. The van der Waals surface area contributed by atoms with Gasteiger partial charge in [-0.2, -0.15) is 0 Å². The van der Waals surface area contributed by atoms with Crippen LogP contribution < -0.4 is 5.32 Å². The van der Waals surface area contributed by atoms with Gasteiger partial charge in [-0.15, -0.1) is 0 Å². The van der Waals surface area contributed by atoms with Crippen molar-refractivity contribution in [3.05, 3.63) is 24.0 Å². The summed E-state index contributed by atoms with van der Waals surface area (Å²) in [5.74, 6) is -0.0226. The van der Waals surface area contributed by atoms with Gasteiger partial charge in [-0.1, -0.05) is 0 Å². The van der Waals surface area contributed by atoms with E-state index >= 15 is 0 Å². The van der Waals surface area contributed by atoms with Crippen LogP contribution in [-0.4, -0.2) is 48.1 Å². The maximum atomic E-state index is 12.3. The topological polar surface area (TPSA) is 54.5 Å². The first-order valence-electron chi connectivity index (χ1n) is 6.31. The maximum Gasteiger partial charge on any atom is 0.272 e. The van der Waals surface area contributed by atoms with Crippen LogP contribution in [0.25, 0.3) is 0 Å². The van der Waals surface area contributed by atoms with Gasteiger partial charge in [0.25, 0.3) is 5.91 Å². The van der Waals surface area contributed by atoms with Crippen molar-refractivity contribution in [2.24, 2.45) is 0 Å². The number of hydrogen-bond acceptors (Lipinski definition) is 4. The number of rotatable bonds is 3. The first kappa shape index (κ1) is 12.8. The van der Waals surface area contributed by atoms with Gasteiger partial charge in [0, 0.05) is 25.0 Å². The number of aromatic nitrogens is 1. The molecule has 0 radical (unpaired) electrons. The molecular weight excluding hydrogens is 230 g/mol. The molecule has 1 aliphatic heterocycles. The average molecular weight is 249 g/mol. The standard InChI is InChI=1S/C13H19N3O2/c1-3-14-11-4-5-15-12(8-11)13(17)16-6-7-18-9-10(16)2/h4-5,8,10H,3,6-7,9H2,1-2H3,(H,14,15). The largest absolute Gasteiger partial charge is 0.385 e. The molecule has 1 fully saturated rings. The van der Waals surface area contributed by atoms with E-state index in [2.05, 4.69) is 10.3 Å². The second kappa shape index (κ2) is 5.82. The lowest BCUT2D eigenvalue weighted by molar-refractivity contribution is 0.00327. The SMILES string of the molecule is CCNc1ccnc(C(=O)N2CCOCC2C)c1. The number of amides is 1. The van der Waals surface area contributed by atoms with Crippen LogP contribution in [-0.2, 0) is 4.74 Å². The molecule has 1 aromatic heterocycles. The third kappa shape index (κ3) is 2.79. The van der Waals surface area contributed by atoms with E-state index in [-0.39, 0.29) is 11.9 Å². The van der Waals surface area contributed by atoms with Crippen molar-refractivity contribution in [3.8, 4) is 0 Å². The van der Waals surface area contributed by atoms with Gasteiger partial charge in [0.15, 0.2) is 0 Å². The first-order chi connectivity index (χ1) is 8.72. The summed E-state index contributed by atoms with van der Waals surface area (Å²) in [4.78, 5) is 18.3. The zero-order valence-corrected chi connectivity index (χ0v) is 10.8. The highest BCUT2D eigenvalue weighted by atomic mass is 16.5. The predicted octanol–water partition coefficient (Wildman–Crippen LogP) is 1.37. The van der Waals surface area contributed by atoms with E-state index in [4.69, 9.17) is 4.74 Å². The molecule has 98 valence electrons. The molecule has 1 unspecified atom stereocenters. The number of anilines is 1. The quantitative estimate of drug-likeness (QED) is 0.879. The normalized spacial score (nSPS) is 19.7. The van der Waals surface area contributed by atoms with Gasteiger partial charge in [0.1, 0.15) is 5.69 Å². The zero-order chi connectivity index (χ0) is 13.0. The van der Waals surface area contributed by atoms with Crippen LogP contribution in [0, 0.1) is 0 Å². The van der Waals surface area contributed by atoms with Gasteiger partial charge < -0.3 is 15.0 Å². The van der Waals surface area contributed by atoms with E-state index in [0.29, 0.717) is 25.5 Å². The molecular formula is C13H19N3O2. The lowest BCUT2D eigenvalue weighted by Crippen LogP contribution is -2.47. The second-order valence-electron chi connectivity index (χ2n) is 4.38. The summed E-state index contributed by atoms with van der Waals surface area (Å²) in [6.45, 7) is 6.66. The highest BCUT2D eigenvalue weighted by molar-refractivity contribution is 5.93. The van der Waals surface area contributed by atoms with Gasteiger partial charge in [-0.05, 0) is 26.0 Å². The van der Waals surface area contributed by atoms with Crippen molar-refractivity contribution in [1.82, 2.24) is 9.88 Å². The minimum absolute atomic E-state index is 0.0226. The number of carbonyl (C=O) groups excluding carboxylic acids is 1. The zero-order valence-electron chi connectivity index (χ0n) is 10.8. The lowest BCUT2D eigenvalue weighted by Gasteiger charge is -2.33. The molecule has 0 spiro atoms. The number of hydrogen-bond donors (Lipinski definition) is 1. The smallest absolute Gasteiger partial charge is 0.272 e. The summed E-state index contributed by atoms with van der Waals surface area (Å²) in [6, 6.07) is 3.77. The Bertz CT molecular complexity index is 422. The molecule has 5 heteroatoms. The molecule has 1 amide bonds. The monoisotopic (exact) mass is 249 g/mol. The summed E-state index contributed by atoms with van der Waals surface area (Å²) in [6.07, 6.45) is 1.66. The number of carbonyl (C=O) groups is 1. The van der Waals surface area contributed by atoms with Crippen molar-refractivity contribution in [2.75, 3.05) is 31.6 Å². The molecule has 0 bridgehead atoms. The maximum absolute atomic E-state index is 12.3. The van der Waals surface area contributed by atoms with Crippen LogP contribution in [0.2, 0.25) is 0 Å². The van der Waals surface area contributed by atoms with E-state index in [1.807, 2.05) is 24.8 Å². The third-order valence-corrected chi connectivity index (χ3v) is 2.99. The van der Waals surface area contributed by atoms with E-state index in [9.17, 15) is 4.79 Å². The number of nitrogens with one attached hydrogen (secondary N) is 1. The minimum atomic E-state index is -0.0226. The molecule has 1 aliphatic rings. The van der Waals surface area contributed by atoms with Gasteiger partial charge in [0.05, 0.1) is 19.3 Å². The van der Waals surface area contributed by atoms with E-state index < -0.39 is 0 Å². The van der Waals surface area contributed by atoms with Crippen molar-refractivity contribution >= 4 is 11.6 Å². The Morgan fingerprint density at radius 3 is 3.22 bits per heavy atom. The molecule has 0 aliphatic carbocycles. The summed E-state index contributed by atoms with van der Waals surface area (Å²) in [7, 11) is 0. The third-order valence-electron chi connectivity index (χ3n) is 2.99.